The summed E-state index contributed by atoms with van der Waals surface area (Å²) in [4.78, 5) is 1.80. The molecule has 1 atom stereocenters. The maximum absolute atomic E-state index is 8.58. The number of ether oxygens (including phenoxy) is 1. The summed E-state index contributed by atoms with van der Waals surface area (Å²) in [6.45, 7) is 1.60. The minimum atomic E-state index is 0.343. The van der Waals surface area contributed by atoms with Crippen LogP contribution in [-0.2, 0) is 4.74 Å². The van der Waals surface area contributed by atoms with Crippen molar-refractivity contribution in [2.45, 2.75) is 18.9 Å². The minimum Gasteiger partial charge on any atom is -0.383 e. The predicted octanol–water partition coefficient (Wildman–Crippen LogP) is 0.578. The van der Waals surface area contributed by atoms with Gasteiger partial charge in [-0.25, -0.2) is 0 Å². The van der Waals surface area contributed by atoms with Crippen molar-refractivity contribution in [2.75, 3.05) is 20.3 Å². The number of likely N-dealkylation sites (tertiary alicyclic amines) is 1. The van der Waals surface area contributed by atoms with Crippen molar-refractivity contribution < 1.29 is 4.74 Å². The van der Waals surface area contributed by atoms with Crippen LogP contribution in [0.2, 0.25) is 0 Å². The molecule has 0 aromatic rings. The lowest BCUT2D eigenvalue weighted by molar-refractivity contribution is 0.141. The van der Waals surface area contributed by atoms with E-state index >= 15 is 0 Å². The van der Waals surface area contributed by atoms with Crippen LogP contribution in [0.15, 0.2) is 0 Å². The summed E-state index contributed by atoms with van der Waals surface area (Å²) in [7, 11) is 1.67. The summed E-state index contributed by atoms with van der Waals surface area (Å²) in [6.07, 6.45) is 4.38. The third-order valence-electron chi connectivity index (χ3n) is 1.86. The Morgan fingerprint density at radius 2 is 2.60 bits per heavy atom. The fourth-order valence-electron chi connectivity index (χ4n) is 1.33. The van der Waals surface area contributed by atoms with Crippen LogP contribution in [0, 0.1) is 11.5 Å². The van der Waals surface area contributed by atoms with Crippen molar-refractivity contribution in [2.24, 2.45) is 0 Å². The molecule has 1 rings (SSSR count). The van der Waals surface area contributed by atoms with Crippen LogP contribution < -0.4 is 0 Å². The number of nitrogens with zero attached hydrogens (tertiary/aromatic N) is 2. The molecule has 1 unspecified atom stereocenters. The molecule has 0 spiro atoms. The van der Waals surface area contributed by atoms with Gasteiger partial charge in [0.05, 0.1) is 12.6 Å². The van der Waals surface area contributed by atoms with E-state index in [2.05, 4.69) is 6.19 Å². The molecule has 0 aromatic carbocycles. The minimum absolute atomic E-state index is 0.343. The molecule has 0 aromatic heterocycles. The predicted molar refractivity (Wildman–Crippen MR) is 37.2 cm³/mol. The van der Waals surface area contributed by atoms with Gasteiger partial charge in [0.2, 0.25) is 0 Å². The normalized spacial score (nSPS) is 24.8. The lowest BCUT2D eigenvalue weighted by Crippen LogP contribution is -2.28. The topological polar surface area (TPSA) is 36.3 Å². The Hall–Kier alpha value is -0.750. The van der Waals surface area contributed by atoms with E-state index in [1.165, 1.54) is 0 Å². The van der Waals surface area contributed by atoms with E-state index in [4.69, 9.17) is 10.00 Å². The zero-order chi connectivity index (χ0) is 7.40. The first-order valence-electron chi connectivity index (χ1n) is 3.54. The van der Waals surface area contributed by atoms with Gasteiger partial charge in [-0.05, 0) is 12.8 Å². The quantitative estimate of drug-likeness (QED) is 0.526. The molecular weight excluding hydrogens is 128 g/mol. The Labute approximate surface area is 61.2 Å². The highest BCUT2D eigenvalue weighted by atomic mass is 16.5. The lowest BCUT2D eigenvalue weighted by Gasteiger charge is -2.16. The highest BCUT2D eigenvalue weighted by Gasteiger charge is 2.22. The summed E-state index contributed by atoms with van der Waals surface area (Å²) < 4.78 is 4.97. The van der Waals surface area contributed by atoms with E-state index in [0.29, 0.717) is 12.6 Å². The fraction of sp³-hybridized carbons (Fsp3) is 0.857. The SMILES string of the molecule is COCC1CCCN1C#N. The average Bonchev–Trinajstić information content (AvgIpc) is 2.36. The second kappa shape index (κ2) is 3.43. The molecule has 3 nitrogen and oxygen atoms in total. The van der Waals surface area contributed by atoms with Gasteiger partial charge in [0.1, 0.15) is 0 Å². The van der Waals surface area contributed by atoms with Crippen LogP contribution in [0.25, 0.3) is 0 Å². The Morgan fingerprint density at radius 3 is 3.20 bits per heavy atom. The maximum Gasteiger partial charge on any atom is 0.179 e. The summed E-state index contributed by atoms with van der Waals surface area (Å²) >= 11 is 0. The van der Waals surface area contributed by atoms with Gasteiger partial charge in [-0.1, -0.05) is 0 Å². The molecule has 1 fully saturated rings. The Kier molecular flexibility index (Phi) is 2.52. The van der Waals surface area contributed by atoms with Gasteiger partial charge in [0.25, 0.3) is 0 Å². The summed E-state index contributed by atoms with van der Waals surface area (Å²) in [6, 6.07) is 0.343. The Balaban J connectivity index is 2.36. The van der Waals surface area contributed by atoms with Crippen molar-refractivity contribution in [1.29, 1.82) is 5.26 Å². The average molecular weight is 140 g/mol. The molecule has 56 valence electrons. The molecule has 1 saturated heterocycles. The van der Waals surface area contributed by atoms with Crippen molar-refractivity contribution in [3.8, 4) is 6.19 Å². The van der Waals surface area contributed by atoms with Crippen molar-refractivity contribution in [3.63, 3.8) is 0 Å². The number of hydrogen-bond donors (Lipinski definition) is 0. The molecule has 10 heavy (non-hydrogen) atoms. The van der Waals surface area contributed by atoms with Gasteiger partial charge in [-0.15, -0.1) is 0 Å². The van der Waals surface area contributed by atoms with E-state index in [9.17, 15) is 0 Å². The van der Waals surface area contributed by atoms with E-state index < -0.39 is 0 Å². The van der Waals surface area contributed by atoms with E-state index in [1.54, 1.807) is 12.0 Å². The molecule has 1 aliphatic rings. The molecule has 0 bridgehead atoms. The second-order valence-electron chi connectivity index (χ2n) is 2.54. The molecule has 0 radical (unpaired) electrons. The molecular formula is C7H12N2O. The van der Waals surface area contributed by atoms with Crippen LogP contribution in [0.5, 0.6) is 0 Å². The van der Waals surface area contributed by atoms with Gasteiger partial charge in [0, 0.05) is 13.7 Å². The first kappa shape index (κ1) is 7.36. The van der Waals surface area contributed by atoms with Crippen molar-refractivity contribution in [3.05, 3.63) is 0 Å². The monoisotopic (exact) mass is 140 g/mol. The van der Waals surface area contributed by atoms with Gasteiger partial charge in [-0.2, -0.15) is 5.26 Å². The number of rotatable bonds is 2. The molecule has 0 saturated carbocycles. The molecule has 0 amide bonds. The van der Waals surface area contributed by atoms with Gasteiger partial charge in [-0.3, -0.25) is 0 Å². The third kappa shape index (κ3) is 1.39. The van der Waals surface area contributed by atoms with Crippen molar-refractivity contribution >= 4 is 0 Å². The maximum atomic E-state index is 8.58. The Bertz CT molecular complexity index is 141. The first-order valence-corrected chi connectivity index (χ1v) is 3.54. The zero-order valence-corrected chi connectivity index (χ0v) is 6.21. The smallest absolute Gasteiger partial charge is 0.179 e. The standard InChI is InChI=1S/C7H12N2O/c1-10-5-7-3-2-4-9(7)6-8/h7H,2-5H2,1H3. The third-order valence-corrected chi connectivity index (χ3v) is 1.86. The molecule has 1 aliphatic heterocycles. The van der Waals surface area contributed by atoms with Crippen LogP contribution in [-0.4, -0.2) is 31.2 Å². The highest BCUT2D eigenvalue weighted by Crippen LogP contribution is 2.15. The van der Waals surface area contributed by atoms with Crippen LogP contribution in [0.1, 0.15) is 12.8 Å². The summed E-state index contributed by atoms with van der Waals surface area (Å²) in [5.74, 6) is 0. The highest BCUT2D eigenvalue weighted by molar-refractivity contribution is 4.87. The van der Waals surface area contributed by atoms with E-state index in [-0.39, 0.29) is 0 Å². The molecule has 0 N–H and O–H groups in total. The number of nitriles is 1. The van der Waals surface area contributed by atoms with E-state index in [0.717, 1.165) is 19.4 Å². The van der Waals surface area contributed by atoms with Crippen LogP contribution in [0.3, 0.4) is 0 Å². The number of hydrogen-bond acceptors (Lipinski definition) is 3. The van der Waals surface area contributed by atoms with Crippen LogP contribution in [0.4, 0.5) is 0 Å². The fourth-order valence-corrected chi connectivity index (χ4v) is 1.33. The van der Waals surface area contributed by atoms with E-state index in [1.807, 2.05) is 0 Å². The summed E-state index contributed by atoms with van der Waals surface area (Å²) in [5, 5.41) is 8.58. The largest absolute Gasteiger partial charge is 0.383 e. The van der Waals surface area contributed by atoms with Gasteiger partial charge >= 0.3 is 0 Å². The molecule has 0 aliphatic carbocycles. The second-order valence-corrected chi connectivity index (χ2v) is 2.54. The summed E-state index contributed by atoms with van der Waals surface area (Å²) in [5.41, 5.74) is 0. The first-order chi connectivity index (χ1) is 4.88. The number of methoxy groups -OCH3 is 1. The zero-order valence-electron chi connectivity index (χ0n) is 6.21. The van der Waals surface area contributed by atoms with Crippen molar-refractivity contribution in [1.82, 2.24) is 4.90 Å². The Morgan fingerprint density at radius 1 is 1.80 bits per heavy atom. The van der Waals surface area contributed by atoms with Gasteiger partial charge in [0.15, 0.2) is 6.19 Å². The van der Waals surface area contributed by atoms with Gasteiger partial charge < -0.3 is 9.64 Å². The lowest BCUT2D eigenvalue weighted by atomic mass is 10.2. The van der Waals surface area contributed by atoms with Crippen LogP contribution >= 0.6 is 0 Å². The molecule has 1 heterocycles. The molecule has 3 heteroatoms.